The van der Waals surface area contributed by atoms with Gasteiger partial charge in [0.05, 0.1) is 5.52 Å². The number of benzene rings is 3. The Morgan fingerprint density at radius 1 is 1.07 bits per heavy atom. The van der Waals surface area contributed by atoms with Crippen molar-refractivity contribution in [1.29, 1.82) is 5.41 Å². The number of halogens is 1. The van der Waals surface area contributed by atoms with E-state index >= 15 is 4.39 Å². The van der Waals surface area contributed by atoms with Crippen molar-refractivity contribution < 1.29 is 13.9 Å². The molecule has 2 aromatic heterocycles. The van der Waals surface area contributed by atoms with E-state index in [9.17, 15) is 4.79 Å². The van der Waals surface area contributed by atoms with Gasteiger partial charge in [0.25, 0.3) is 5.91 Å². The largest absolute Gasteiger partial charge is 0.424 e. The summed E-state index contributed by atoms with van der Waals surface area (Å²) in [6.07, 6.45) is 4.90. The van der Waals surface area contributed by atoms with Crippen LogP contribution in [0.1, 0.15) is 34.5 Å². The third kappa shape index (κ3) is 5.46. The van der Waals surface area contributed by atoms with Gasteiger partial charge in [-0.25, -0.2) is 14.4 Å². The number of amides is 1. The second-order valence-electron chi connectivity index (χ2n) is 10.4. The Kier molecular flexibility index (Phi) is 7.07. The van der Waals surface area contributed by atoms with Crippen LogP contribution in [0.4, 0.5) is 4.39 Å². The van der Waals surface area contributed by atoms with Crippen molar-refractivity contribution in [1.82, 2.24) is 24.8 Å². The van der Waals surface area contributed by atoms with Crippen LogP contribution in [0, 0.1) is 11.2 Å². The number of carbonyl (C=O) groups excluding carboxylic acids is 1. The minimum Gasteiger partial charge on any atom is -0.424 e. The highest BCUT2D eigenvalue weighted by molar-refractivity contribution is 6.03. The molecule has 0 bridgehead atoms. The molecule has 0 radical (unpaired) electrons. The highest BCUT2D eigenvalue weighted by atomic mass is 19.1. The second kappa shape index (κ2) is 11.0. The molecule has 0 aliphatic carbocycles. The number of amidine groups is 1. The topological polar surface area (TPSA) is 122 Å². The average Bonchev–Trinajstić information content (AvgIpc) is 3.34. The lowest BCUT2D eigenvalue weighted by Gasteiger charge is -2.29. The predicted octanol–water partition coefficient (Wildman–Crippen LogP) is 4.67. The zero-order valence-corrected chi connectivity index (χ0v) is 22.6. The number of hydrogen-bond acceptors (Lipinski definition) is 6. The molecule has 3 heterocycles. The summed E-state index contributed by atoms with van der Waals surface area (Å²) in [5.74, 6) is -0.522. The van der Waals surface area contributed by atoms with Crippen LogP contribution in [0.25, 0.3) is 21.7 Å². The molecular formula is C31H30FN7O2. The fourth-order valence-electron chi connectivity index (χ4n) is 5.40. The molecule has 0 spiro atoms. The van der Waals surface area contributed by atoms with E-state index in [-0.39, 0.29) is 41.3 Å². The molecule has 208 valence electrons. The first-order valence-corrected chi connectivity index (χ1v) is 13.5. The van der Waals surface area contributed by atoms with Crippen LogP contribution in [0.2, 0.25) is 0 Å². The van der Waals surface area contributed by atoms with Crippen LogP contribution < -0.4 is 15.8 Å². The molecule has 3 aromatic carbocycles. The standard InChI is InChI=1S/C31H30FN7O2/c1-38-11-7-22(8-12-38)37-30(40)28-17-25-26(32)15-20(29(33)34)16-27(25)39(28)18-21-14-23(41-31-35-9-4-10-36-31)13-19-5-2-3-6-24(19)21/h2-6,9-10,13-17,22H,7-8,11-12,18H2,1H3,(H3,33,34)(H,37,40). The van der Waals surface area contributed by atoms with E-state index in [1.54, 1.807) is 35.2 Å². The summed E-state index contributed by atoms with van der Waals surface area (Å²) >= 11 is 0. The minimum absolute atomic E-state index is 0.0335. The molecule has 10 heteroatoms. The lowest BCUT2D eigenvalue weighted by Crippen LogP contribution is -2.43. The zero-order valence-electron chi connectivity index (χ0n) is 22.6. The van der Waals surface area contributed by atoms with Crippen molar-refractivity contribution in [2.75, 3.05) is 20.1 Å². The van der Waals surface area contributed by atoms with Gasteiger partial charge < -0.3 is 25.3 Å². The SMILES string of the molecule is CN1CCC(NC(=O)c2cc3c(F)cc(C(=N)N)cc3n2Cc2cc(Oc3ncccn3)cc3ccccc23)CC1. The van der Waals surface area contributed by atoms with E-state index < -0.39 is 5.82 Å². The molecule has 1 fully saturated rings. The Morgan fingerprint density at radius 3 is 2.59 bits per heavy atom. The molecule has 41 heavy (non-hydrogen) atoms. The number of nitrogens with two attached hydrogens (primary N) is 1. The number of piperidine rings is 1. The van der Waals surface area contributed by atoms with E-state index in [4.69, 9.17) is 15.9 Å². The van der Waals surface area contributed by atoms with E-state index in [1.807, 2.05) is 36.4 Å². The fraction of sp³-hybridized carbons (Fsp3) is 0.226. The van der Waals surface area contributed by atoms with Gasteiger partial charge >= 0.3 is 6.01 Å². The third-order valence-electron chi connectivity index (χ3n) is 7.57. The van der Waals surface area contributed by atoms with Gasteiger partial charge in [-0.1, -0.05) is 24.3 Å². The Labute approximate surface area is 236 Å². The molecule has 1 amide bonds. The summed E-state index contributed by atoms with van der Waals surface area (Å²) in [6.45, 7) is 2.04. The Hall–Kier alpha value is -4.83. The van der Waals surface area contributed by atoms with E-state index in [1.165, 1.54) is 6.07 Å². The maximum Gasteiger partial charge on any atom is 0.321 e. The summed E-state index contributed by atoms with van der Waals surface area (Å²) < 4.78 is 23.1. The molecule has 1 aliphatic heterocycles. The molecular weight excluding hydrogens is 521 g/mol. The highest BCUT2D eigenvalue weighted by Gasteiger charge is 2.24. The smallest absolute Gasteiger partial charge is 0.321 e. The van der Waals surface area contributed by atoms with Crippen molar-refractivity contribution in [2.45, 2.75) is 25.4 Å². The number of likely N-dealkylation sites (tertiary alicyclic amines) is 1. The van der Waals surface area contributed by atoms with Gasteiger partial charge in [0, 0.05) is 35.9 Å². The van der Waals surface area contributed by atoms with E-state index in [2.05, 4.69) is 27.2 Å². The molecule has 9 nitrogen and oxygen atoms in total. The predicted molar refractivity (Wildman–Crippen MR) is 156 cm³/mol. The van der Waals surface area contributed by atoms with Gasteiger partial charge in [-0.2, -0.15) is 0 Å². The highest BCUT2D eigenvalue weighted by Crippen LogP contribution is 2.31. The van der Waals surface area contributed by atoms with Crippen molar-refractivity contribution in [3.05, 3.63) is 95.7 Å². The molecule has 1 saturated heterocycles. The molecule has 0 unspecified atom stereocenters. The molecule has 5 aromatic rings. The number of nitrogen functional groups attached to an aromatic ring is 1. The Bertz CT molecular complexity index is 1760. The molecule has 1 aliphatic rings. The lowest BCUT2D eigenvalue weighted by atomic mass is 10.0. The monoisotopic (exact) mass is 551 g/mol. The van der Waals surface area contributed by atoms with E-state index in [0.717, 1.165) is 42.3 Å². The molecule has 0 atom stereocenters. The van der Waals surface area contributed by atoms with Gasteiger partial charge in [0.1, 0.15) is 23.1 Å². The summed E-state index contributed by atoms with van der Waals surface area (Å²) in [6, 6.07) is 18.1. The van der Waals surface area contributed by atoms with Crippen molar-refractivity contribution in [2.24, 2.45) is 5.73 Å². The number of hydrogen-bond donors (Lipinski definition) is 3. The van der Waals surface area contributed by atoms with Crippen LogP contribution in [0.5, 0.6) is 11.8 Å². The number of aromatic nitrogens is 3. The minimum atomic E-state index is -0.539. The van der Waals surface area contributed by atoms with Gasteiger partial charge in [-0.15, -0.1) is 0 Å². The van der Waals surface area contributed by atoms with Crippen LogP contribution in [-0.2, 0) is 6.54 Å². The summed E-state index contributed by atoms with van der Waals surface area (Å²) in [5, 5.41) is 13.3. The second-order valence-corrected chi connectivity index (χ2v) is 10.4. The van der Waals surface area contributed by atoms with Gasteiger partial charge in [0.2, 0.25) is 0 Å². The van der Waals surface area contributed by atoms with Crippen molar-refractivity contribution in [3.8, 4) is 11.8 Å². The third-order valence-corrected chi connectivity index (χ3v) is 7.57. The quantitative estimate of drug-likeness (QED) is 0.200. The summed E-state index contributed by atoms with van der Waals surface area (Å²) in [4.78, 5) is 24.3. The van der Waals surface area contributed by atoms with Gasteiger partial charge in [-0.05, 0) is 85.7 Å². The molecule has 0 saturated carbocycles. The van der Waals surface area contributed by atoms with Gasteiger partial charge in [0.15, 0.2) is 0 Å². The number of nitrogens with one attached hydrogen (secondary N) is 2. The molecule has 6 rings (SSSR count). The first kappa shape index (κ1) is 26.4. The fourth-order valence-corrected chi connectivity index (χ4v) is 5.40. The molecule has 4 N–H and O–H groups in total. The van der Waals surface area contributed by atoms with Gasteiger partial charge in [-0.3, -0.25) is 10.2 Å². The summed E-state index contributed by atoms with van der Waals surface area (Å²) in [7, 11) is 2.07. The summed E-state index contributed by atoms with van der Waals surface area (Å²) in [5.41, 5.74) is 7.66. The van der Waals surface area contributed by atoms with Crippen LogP contribution in [-0.4, -0.2) is 57.4 Å². The maximum absolute atomic E-state index is 15.3. The van der Waals surface area contributed by atoms with E-state index in [0.29, 0.717) is 17.0 Å². The van der Waals surface area contributed by atoms with Crippen LogP contribution in [0.15, 0.2) is 73.1 Å². The van der Waals surface area contributed by atoms with Crippen molar-refractivity contribution >= 4 is 33.4 Å². The normalized spacial score (nSPS) is 14.4. The first-order valence-electron chi connectivity index (χ1n) is 13.5. The van der Waals surface area contributed by atoms with Crippen LogP contribution >= 0.6 is 0 Å². The Morgan fingerprint density at radius 2 is 1.83 bits per heavy atom. The number of rotatable bonds is 7. The number of ether oxygens (including phenoxy) is 1. The van der Waals surface area contributed by atoms with Crippen molar-refractivity contribution in [3.63, 3.8) is 0 Å². The zero-order chi connectivity index (χ0) is 28.5. The first-order chi connectivity index (χ1) is 19.9. The Balaban J connectivity index is 1.46. The lowest BCUT2D eigenvalue weighted by molar-refractivity contribution is 0.0908. The maximum atomic E-state index is 15.3. The number of nitrogens with zero attached hydrogens (tertiary/aromatic N) is 4. The number of fused-ring (bicyclic) bond motifs is 2. The average molecular weight is 552 g/mol. The van der Waals surface area contributed by atoms with Crippen LogP contribution in [0.3, 0.4) is 0 Å². The number of carbonyl (C=O) groups is 1.